The molecular formula is C17H28N2. The number of piperidine rings is 1. The molecule has 1 saturated heterocycles. The minimum absolute atomic E-state index is 0.145. The fourth-order valence-corrected chi connectivity index (χ4v) is 3.27. The number of benzene rings is 1. The topological polar surface area (TPSA) is 29.3 Å². The molecule has 1 aromatic rings. The van der Waals surface area contributed by atoms with Gasteiger partial charge in [0, 0.05) is 18.6 Å². The Morgan fingerprint density at radius 1 is 1.32 bits per heavy atom. The first-order valence-corrected chi connectivity index (χ1v) is 7.68. The summed E-state index contributed by atoms with van der Waals surface area (Å²) in [6.07, 6.45) is 5.30. The van der Waals surface area contributed by atoms with Gasteiger partial charge in [-0.15, -0.1) is 0 Å². The van der Waals surface area contributed by atoms with Crippen LogP contribution in [0.1, 0.15) is 55.3 Å². The highest BCUT2D eigenvalue weighted by Gasteiger charge is 2.23. The Morgan fingerprint density at radius 3 is 2.84 bits per heavy atom. The molecule has 1 aromatic carbocycles. The van der Waals surface area contributed by atoms with Gasteiger partial charge in [0.1, 0.15) is 0 Å². The van der Waals surface area contributed by atoms with E-state index in [2.05, 4.69) is 43.9 Å². The molecule has 1 heterocycles. The first-order valence-electron chi connectivity index (χ1n) is 7.68. The van der Waals surface area contributed by atoms with E-state index in [-0.39, 0.29) is 6.04 Å². The minimum Gasteiger partial charge on any atom is -0.323 e. The molecule has 2 nitrogen and oxygen atoms in total. The molecule has 2 rings (SSSR count). The Labute approximate surface area is 118 Å². The number of rotatable bonds is 4. The molecule has 1 aliphatic rings. The Kier molecular flexibility index (Phi) is 5.00. The molecule has 2 unspecified atom stereocenters. The third-order valence-electron chi connectivity index (χ3n) is 4.49. The SMILES string of the molecule is CCC1CCCCN1CC(N)c1cc(C)ccc1C. The lowest BCUT2D eigenvalue weighted by atomic mass is 9.95. The fraction of sp³-hybridized carbons (Fsp3) is 0.647. The molecule has 0 spiro atoms. The second kappa shape index (κ2) is 6.53. The number of nitrogens with two attached hydrogens (primary N) is 1. The highest BCUT2D eigenvalue weighted by Crippen LogP contribution is 2.24. The van der Waals surface area contributed by atoms with Gasteiger partial charge in [-0.05, 0) is 50.8 Å². The molecule has 19 heavy (non-hydrogen) atoms. The van der Waals surface area contributed by atoms with Crippen molar-refractivity contribution in [3.63, 3.8) is 0 Å². The lowest BCUT2D eigenvalue weighted by Gasteiger charge is -2.37. The molecule has 0 saturated carbocycles. The van der Waals surface area contributed by atoms with Gasteiger partial charge in [0.25, 0.3) is 0 Å². The van der Waals surface area contributed by atoms with Crippen LogP contribution in [0, 0.1) is 13.8 Å². The van der Waals surface area contributed by atoms with E-state index in [4.69, 9.17) is 5.73 Å². The first-order chi connectivity index (χ1) is 9.11. The number of hydrogen-bond donors (Lipinski definition) is 1. The van der Waals surface area contributed by atoms with Gasteiger partial charge in [0.2, 0.25) is 0 Å². The first kappa shape index (κ1) is 14.5. The molecule has 0 aromatic heterocycles. The van der Waals surface area contributed by atoms with Gasteiger partial charge >= 0.3 is 0 Å². The summed E-state index contributed by atoms with van der Waals surface area (Å²) in [7, 11) is 0. The predicted octanol–water partition coefficient (Wildman–Crippen LogP) is 3.57. The summed E-state index contributed by atoms with van der Waals surface area (Å²) in [4.78, 5) is 2.61. The van der Waals surface area contributed by atoms with Gasteiger partial charge in [-0.2, -0.15) is 0 Å². The van der Waals surface area contributed by atoms with Crippen molar-refractivity contribution in [3.8, 4) is 0 Å². The number of hydrogen-bond acceptors (Lipinski definition) is 2. The minimum atomic E-state index is 0.145. The van der Waals surface area contributed by atoms with Crippen LogP contribution in [-0.2, 0) is 0 Å². The van der Waals surface area contributed by atoms with E-state index in [1.54, 1.807) is 0 Å². The quantitative estimate of drug-likeness (QED) is 0.896. The normalized spacial score (nSPS) is 22.4. The maximum Gasteiger partial charge on any atom is 0.0427 e. The van der Waals surface area contributed by atoms with Crippen LogP contribution in [0.15, 0.2) is 18.2 Å². The van der Waals surface area contributed by atoms with Crippen molar-refractivity contribution in [2.24, 2.45) is 5.73 Å². The van der Waals surface area contributed by atoms with Crippen LogP contribution in [0.3, 0.4) is 0 Å². The Balaban J connectivity index is 2.07. The van der Waals surface area contributed by atoms with Crippen LogP contribution >= 0.6 is 0 Å². The molecule has 106 valence electrons. The smallest absolute Gasteiger partial charge is 0.0427 e. The summed E-state index contributed by atoms with van der Waals surface area (Å²) < 4.78 is 0. The molecule has 2 heteroatoms. The standard InChI is InChI=1S/C17H28N2/c1-4-15-7-5-6-10-19(15)12-17(18)16-11-13(2)8-9-14(16)3/h8-9,11,15,17H,4-7,10,12,18H2,1-3H3. The number of nitrogens with zero attached hydrogens (tertiary/aromatic N) is 1. The fourth-order valence-electron chi connectivity index (χ4n) is 3.27. The van der Waals surface area contributed by atoms with Crippen molar-refractivity contribution in [2.75, 3.05) is 13.1 Å². The van der Waals surface area contributed by atoms with Gasteiger partial charge < -0.3 is 5.73 Å². The summed E-state index contributed by atoms with van der Waals surface area (Å²) in [5.41, 5.74) is 10.4. The highest BCUT2D eigenvalue weighted by molar-refractivity contribution is 5.33. The van der Waals surface area contributed by atoms with Gasteiger partial charge in [0.15, 0.2) is 0 Å². The van der Waals surface area contributed by atoms with Crippen LogP contribution in [0.2, 0.25) is 0 Å². The molecule has 2 N–H and O–H groups in total. The maximum absolute atomic E-state index is 6.47. The second-order valence-corrected chi connectivity index (χ2v) is 6.02. The zero-order chi connectivity index (χ0) is 13.8. The summed E-state index contributed by atoms with van der Waals surface area (Å²) in [5, 5.41) is 0. The van der Waals surface area contributed by atoms with E-state index in [1.807, 2.05) is 0 Å². The van der Waals surface area contributed by atoms with Gasteiger partial charge in [0.05, 0.1) is 0 Å². The van der Waals surface area contributed by atoms with Crippen LogP contribution in [0.4, 0.5) is 0 Å². The van der Waals surface area contributed by atoms with E-state index in [0.29, 0.717) is 0 Å². The van der Waals surface area contributed by atoms with E-state index in [0.717, 1.165) is 12.6 Å². The summed E-state index contributed by atoms with van der Waals surface area (Å²) >= 11 is 0. The van der Waals surface area contributed by atoms with Gasteiger partial charge in [-0.1, -0.05) is 37.1 Å². The van der Waals surface area contributed by atoms with Crippen molar-refractivity contribution >= 4 is 0 Å². The zero-order valence-electron chi connectivity index (χ0n) is 12.7. The Morgan fingerprint density at radius 2 is 2.11 bits per heavy atom. The van der Waals surface area contributed by atoms with Crippen LogP contribution in [0.5, 0.6) is 0 Å². The molecule has 2 atom stereocenters. The van der Waals surface area contributed by atoms with E-state index in [1.165, 1.54) is 48.9 Å². The van der Waals surface area contributed by atoms with E-state index >= 15 is 0 Å². The van der Waals surface area contributed by atoms with Crippen molar-refractivity contribution in [1.29, 1.82) is 0 Å². The van der Waals surface area contributed by atoms with E-state index in [9.17, 15) is 0 Å². The molecule has 0 aliphatic carbocycles. The highest BCUT2D eigenvalue weighted by atomic mass is 15.2. The van der Waals surface area contributed by atoms with Gasteiger partial charge in [-0.3, -0.25) is 4.90 Å². The van der Waals surface area contributed by atoms with Crippen molar-refractivity contribution in [2.45, 2.75) is 58.5 Å². The zero-order valence-corrected chi connectivity index (χ0v) is 12.7. The number of likely N-dealkylation sites (tertiary alicyclic amines) is 1. The van der Waals surface area contributed by atoms with Crippen LogP contribution < -0.4 is 5.73 Å². The Bertz CT molecular complexity index is 414. The van der Waals surface area contributed by atoms with Crippen molar-refractivity contribution < 1.29 is 0 Å². The van der Waals surface area contributed by atoms with E-state index < -0.39 is 0 Å². The Hall–Kier alpha value is -0.860. The van der Waals surface area contributed by atoms with Crippen LogP contribution in [0.25, 0.3) is 0 Å². The summed E-state index contributed by atoms with van der Waals surface area (Å²) in [6.45, 7) is 8.83. The lowest BCUT2D eigenvalue weighted by Crippen LogP contribution is -2.43. The molecule has 0 amide bonds. The molecule has 1 fully saturated rings. The van der Waals surface area contributed by atoms with Crippen molar-refractivity contribution in [1.82, 2.24) is 4.90 Å². The molecular weight excluding hydrogens is 232 g/mol. The second-order valence-electron chi connectivity index (χ2n) is 6.02. The summed E-state index contributed by atoms with van der Waals surface area (Å²) in [5.74, 6) is 0. The summed E-state index contributed by atoms with van der Waals surface area (Å²) in [6, 6.07) is 7.50. The largest absolute Gasteiger partial charge is 0.323 e. The molecule has 0 bridgehead atoms. The monoisotopic (exact) mass is 260 g/mol. The van der Waals surface area contributed by atoms with Crippen molar-refractivity contribution in [3.05, 3.63) is 34.9 Å². The van der Waals surface area contributed by atoms with Crippen LogP contribution in [-0.4, -0.2) is 24.0 Å². The maximum atomic E-state index is 6.47. The van der Waals surface area contributed by atoms with Gasteiger partial charge in [-0.25, -0.2) is 0 Å². The molecule has 1 aliphatic heterocycles. The lowest BCUT2D eigenvalue weighted by molar-refractivity contribution is 0.135. The predicted molar refractivity (Wildman–Crippen MR) is 82.3 cm³/mol. The average molecular weight is 260 g/mol. The number of aryl methyl sites for hydroxylation is 2. The third-order valence-corrected chi connectivity index (χ3v) is 4.49. The third kappa shape index (κ3) is 3.58. The average Bonchev–Trinajstić information content (AvgIpc) is 2.42. The molecule has 0 radical (unpaired) electrons.